The number of benzene rings is 3. The highest BCUT2D eigenvalue weighted by Gasteiger charge is 2.17. The number of fused-ring (bicyclic) bond motifs is 3. The maximum absolute atomic E-state index is 12.1. The Morgan fingerprint density at radius 1 is 0.966 bits per heavy atom. The third-order valence-corrected chi connectivity index (χ3v) is 5.80. The average Bonchev–Trinajstić information content (AvgIpc) is 3.03. The Kier molecular flexibility index (Phi) is 5.59. The first-order valence-electron chi connectivity index (χ1n) is 10.2. The van der Waals surface area contributed by atoms with Crippen molar-refractivity contribution in [1.82, 2.24) is 4.57 Å². The molecule has 0 spiro atoms. The molecule has 4 aromatic rings. The van der Waals surface area contributed by atoms with Crippen molar-refractivity contribution in [3.05, 3.63) is 82.4 Å². The predicted octanol–water partition coefficient (Wildman–Crippen LogP) is 6.33. The highest BCUT2D eigenvalue weighted by atomic mass is 35.5. The number of carbonyl (C=O) groups is 1. The zero-order chi connectivity index (χ0) is 20.4. The monoisotopic (exact) mass is 404 g/mol. The molecule has 0 saturated carbocycles. The van der Waals surface area contributed by atoms with Crippen LogP contribution in [0.4, 0.5) is 0 Å². The molecular weight excluding hydrogens is 380 g/mol. The molecule has 4 rings (SSSR count). The minimum atomic E-state index is -0.395. The fourth-order valence-corrected chi connectivity index (χ4v) is 4.20. The molecule has 3 nitrogen and oxygen atoms in total. The van der Waals surface area contributed by atoms with Crippen molar-refractivity contribution in [3.63, 3.8) is 0 Å². The molecule has 0 aliphatic carbocycles. The first-order valence-corrected chi connectivity index (χ1v) is 10.5. The number of hydrogen-bond donors (Lipinski definition) is 1. The first-order chi connectivity index (χ1) is 14.1. The average molecular weight is 405 g/mol. The van der Waals surface area contributed by atoms with Gasteiger partial charge in [-0.15, -0.1) is 0 Å². The molecule has 0 bridgehead atoms. The van der Waals surface area contributed by atoms with Crippen LogP contribution in [0.3, 0.4) is 0 Å². The molecular formula is C25H25ClN2O. The van der Waals surface area contributed by atoms with Crippen LogP contribution in [-0.2, 0) is 13.0 Å². The molecule has 0 aliphatic rings. The second kappa shape index (κ2) is 8.30. The summed E-state index contributed by atoms with van der Waals surface area (Å²) in [6.07, 6.45) is 4.69. The zero-order valence-electron chi connectivity index (χ0n) is 16.6. The molecule has 0 atom stereocenters. The lowest BCUT2D eigenvalue weighted by Crippen LogP contribution is -2.11. The van der Waals surface area contributed by atoms with Crippen molar-refractivity contribution in [2.75, 3.05) is 0 Å². The molecule has 2 N–H and O–H groups in total. The molecule has 0 aliphatic heterocycles. The van der Waals surface area contributed by atoms with Gasteiger partial charge < -0.3 is 10.3 Å². The van der Waals surface area contributed by atoms with E-state index in [4.69, 9.17) is 17.3 Å². The summed E-state index contributed by atoms with van der Waals surface area (Å²) in [6.45, 7) is 2.93. The lowest BCUT2D eigenvalue weighted by molar-refractivity contribution is 0.100. The van der Waals surface area contributed by atoms with E-state index in [1.807, 2.05) is 36.4 Å². The fourth-order valence-electron chi connectivity index (χ4n) is 4.07. The minimum absolute atomic E-state index is 0.395. The number of unbranched alkanes of at least 4 members (excludes halogenated alkanes) is 2. The van der Waals surface area contributed by atoms with Gasteiger partial charge in [0, 0.05) is 33.4 Å². The highest BCUT2D eigenvalue weighted by molar-refractivity contribution is 6.30. The van der Waals surface area contributed by atoms with Crippen LogP contribution >= 0.6 is 11.6 Å². The first kappa shape index (κ1) is 19.5. The van der Waals surface area contributed by atoms with Crippen molar-refractivity contribution in [3.8, 4) is 0 Å². The van der Waals surface area contributed by atoms with Gasteiger partial charge in [-0.3, -0.25) is 4.79 Å². The van der Waals surface area contributed by atoms with E-state index in [1.54, 1.807) is 0 Å². The van der Waals surface area contributed by atoms with Crippen LogP contribution in [0.1, 0.15) is 47.7 Å². The summed E-state index contributed by atoms with van der Waals surface area (Å²) < 4.78 is 2.28. The van der Waals surface area contributed by atoms with Gasteiger partial charge in [0.25, 0.3) is 0 Å². The SMILES string of the molecule is CCCCCc1ccc2c3c(C(N)=O)cccc3n(Cc3ccc(Cl)cc3)c2c1. The third-order valence-electron chi connectivity index (χ3n) is 5.54. The van der Waals surface area contributed by atoms with E-state index >= 15 is 0 Å². The molecule has 0 fully saturated rings. The third kappa shape index (κ3) is 3.88. The van der Waals surface area contributed by atoms with E-state index in [0.717, 1.165) is 38.8 Å². The molecule has 1 heterocycles. The van der Waals surface area contributed by atoms with Gasteiger partial charge in [0.05, 0.1) is 5.52 Å². The summed E-state index contributed by atoms with van der Waals surface area (Å²) in [7, 11) is 0. The Bertz CT molecular complexity index is 1180. The van der Waals surface area contributed by atoms with Gasteiger partial charge in [0.2, 0.25) is 5.91 Å². The second-order valence-corrected chi connectivity index (χ2v) is 8.02. The number of rotatable bonds is 7. The molecule has 0 saturated heterocycles. The lowest BCUT2D eigenvalue weighted by Gasteiger charge is -2.09. The van der Waals surface area contributed by atoms with Crippen LogP contribution in [0.5, 0.6) is 0 Å². The number of carbonyl (C=O) groups excluding carboxylic acids is 1. The van der Waals surface area contributed by atoms with Gasteiger partial charge >= 0.3 is 0 Å². The van der Waals surface area contributed by atoms with Crippen LogP contribution < -0.4 is 5.73 Å². The van der Waals surface area contributed by atoms with Gasteiger partial charge in [-0.2, -0.15) is 0 Å². The summed E-state index contributed by atoms with van der Waals surface area (Å²) in [5.74, 6) is -0.395. The Morgan fingerprint density at radius 2 is 1.72 bits per heavy atom. The maximum Gasteiger partial charge on any atom is 0.249 e. The van der Waals surface area contributed by atoms with Crippen molar-refractivity contribution >= 4 is 39.3 Å². The van der Waals surface area contributed by atoms with E-state index in [0.29, 0.717) is 12.1 Å². The van der Waals surface area contributed by atoms with Gasteiger partial charge in [-0.05, 0) is 54.3 Å². The second-order valence-electron chi connectivity index (χ2n) is 7.59. The Labute approximate surface area is 176 Å². The standard InChI is InChI=1S/C25H25ClN2O/c1-2-3-4-6-17-11-14-20-23(15-17)28(16-18-9-12-19(26)13-10-18)22-8-5-7-21(24(20)22)25(27)29/h5,7-15H,2-4,6,16H2,1H3,(H2,27,29). The van der Waals surface area contributed by atoms with Crippen LogP contribution in [-0.4, -0.2) is 10.5 Å². The Balaban J connectivity index is 1.91. The zero-order valence-corrected chi connectivity index (χ0v) is 17.4. The molecule has 1 aromatic heterocycles. The summed E-state index contributed by atoms with van der Waals surface area (Å²) in [5, 5.41) is 2.73. The Morgan fingerprint density at radius 3 is 2.45 bits per heavy atom. The van der Waals surface area contributed by atoms with Crippen LogP contribution in [0.15, 0.2) is 60.7 Å². The molecule has 1 amide bonds. The fraction of sp³-hybridized carbons (Fsp3) is 0.240. The topological polar surface area (TPSA) is 48.0 Å². The van der Waals surface area contributed by atoms with E-state index in [9.17, 15) is 4.79 Å². The van der Waals surface area contributed by atoms with Crippen molar-refractivity contribution in [1.29, 1.82) is 0 Å². The lowest BCUT2D eigenvalue weighted by atomic mass is 10.0. The molecule has 3 aromatic carbocycles. The largest absolute Gasteiger partial charge is 0.366 e. The number of amides is 1. The van der Waals surface area contributed by atoms with Crippen LogP contribution in [0, 0.1) is 0 Å². The molecule has 0 radical (unpaired) electrons. The Hall–Kier alpha value is -2.78. The quantitative estimate of drug-likeness (QED) is 0.359. The number of nitrogens with two attached hydrogens (primary N) is 1. The van der Waals surface area contributed by atoms with Crippen LogP contribution in [0.25, 0.3) is 21.8 Å². The number of nitrogens with zero attached hydrogens (tertiary/aromatic N) is 1. The van der Waals surface area contributed by atoms with E-state index in [2.05, 4.69) is 35.8 Å². The number of primary amides is 1. The predicted molar refractivity (Wildman–Crippen MR) is 122 cm³/mol. The summed E-state index contributed by atoms with van der Waals surface area (Å²) in [5.41, 5.74) is 10.9. The normalized spacial score (nSPS) is 11.4. The van der Waals surface area contributed by atoms with Gasteiger partial charge in [-0.1, -0.05) is 61.7 Å². The number of halogens is 1. The van der Waals surface area contributed by atoms with Gasteiger partial charge in [0.15, 0.2) is 0 Å². The number of hydrogen-bond acceptors (Lipinski definition) is 1. The van der Waals surface area contributed by atoms with Crippen molar-refractivity contribution < 1.29 is 4.79 Å². The van der Waals surface area contributed by atoms with E-state index < -0.39 is 5.91 Å². The van der Waals surface area contributed by atoms with Crippen LogP contribution in [0.2, 0.25) is 5.02 Å². The maximum atomic E-state index is 12.1. The molecule has 29 heavy (non-hydrogen) atoms. The molecule has 4 heteroatoms. The highest BCUT2D eigenvalue weighted by Crippen LogP contribution is 2.33. The number of aromatic nitrogens is 1. The summed E-state index contributed by atoms with van der Waals surface area (Å²) in [6, 6.07) is 20.3. The van der Waals surface area contributed by atoms with Gasteiger partial charge in [0.1, 0.15) is 0 Å². The smallest absolute Gasteiger partial charge is 0.249 e. The van der Waals surface area contributed by atoms with Crippen molar-refractivity contribution in [2.45, 2.75) is 39.2 Å². The molecule has 0 unspecified atom stereocenters. The summed E-state index contributed by atoms with van der Waals surface area (Å²) >= 11 is 6.06. The minimum Gasteiger partial charge on any atom is -0.366 e. The molecule has 148 valence electrons. The summed E-state index contributed by atoms with van der Waals surface area (Å²) in [4.78, 5) is 12.1. The van der Waals surface area contributed by atoms with E-state index in [1.165, 1.54) is 24.8 Å². The van der Waals surface area contributed by atoms with Gasteiger partial charge in [-0.25, -0.2) is 0 Å². The van der Waals surface area contributed by atoms with E-state index in [-0.39, 0.29) is 0 Å². The number of aryl methyl sites for hydroxylation is 1. The van der Waals surface area contributed by atoms with Crippen molar-refractivity contribution in [2.24, 2.45) is 5.73 Å².